The Balaban J connectivity index is 2.63. The number of nitrogens with zero attached hydrogens (tertiary/aromatic N) is 1. The van der Waals surface area contributed by atoms with Crippen LogP contribution in [0.3, 0.4) is 0 Å². The molecule has 0 aliphatic heterocycles. The summed E-state index contributed by atoms with van der Waals surface area (Å²) in [6.07, 6.45) is 0. The summed E-state index contributed by atoms with van der Waals surface area (Å²) in [7, 11) is -0.958. The first-order chi connectivity index (χ1) is 2.77. The zero-order chi connectivity index (χ0) is 4.99. The minimum absolute atomic E-state index is 0.617. The van der Waals surface area contributed by atoms with Crippen LogP contribution in [-0.4, -0.2) is 15.2 Å². The van der Waals surface area contributed by atoms with Crippen molar-refractivity contribution in [1.29, 1.82) is 0 Å². The molecule has 0 rings (SSSR count). The molecule has 0 unspecified atom stereocenters. The molecule has 0 amide bonds. The van der Waals surface area contributed by atoms with Gasteiger partial charge in [-0.3, -0.25) is 0 Å². The summed E-state index contributed by atoms with van der Waals surface area (Å²) < 4.78 is 4.35. The van der Waals surface area contributed by atoms with Crippen LogP contribution in [0.5, 0.6) is 0 Å². The standard InChI is InChI=1S/H8N4OSi/c1-4(2)5-6-3/h1-3,6H2. The fourth-order valence-electron chi connectivity index (χ4n) is 0.0861. The fraction of sp³-hybridized carbons (Fsp3) is 0. The van der Waals surface area contributed by atoms with E-state index < -0.39 is 9.92 Å². The number of rotatable bonds is 2. The molecule has 0 fully saturated rings. The van der Waals surface area contributed by atoms with Crippen LogP contribution in [0.25, 0.3) is 0 Å². The topological polar surface area (TPSA) is 90.5 Å². The molecule has 0 saturated heterocycles. The van der Waals surface area contributed by atoms with Gasteiger partial charge in [0.05, 0.1) is 0 Å². The Labute approximate surface area is 37.9 Å². The SMILES string of the molecule is N[SiH2]ON(N)N. The molecule has 0 radical (unpaired) electrons. The molecule has 0 bridgehead atoms. The molecule has 0 aromatic rings. The molecule has 5 nitrogen and oxygen atoms in total. The van der Waals surface area contributed by atoms with Gasteiger partial charge in [-0.1, -0.05) is 5.28 Å². The van der Waals surface area contributed by atoms with Gasteiger partial charge in [-0.25, -0.2) is 11.7 Å². The van der Waals surface area contributed by atoms with Gasteiger partial charge in [0.15, 0.2) is 0 Å². The molecule has 6 heavy (non-hydrogen) atoms. The lowest BCUT2D eigenvalue weighted by atomic mass is 12.4. The van der Waals surface area contributed by atoms with Gasteiger partial charge in [-0.15, -0.1) is 0 Å². The van der Waals surface area contributed by atoms with Crippen molar-refractivity contribution in [2.24, 2.45) is 17.1 Å². The molecular formula is H8N4OSi. The highest BCUT2D eigenvalue weighted by Gasteiger charge is 1.79. The number of hydrogen-bond donors (Lipinski definition) is 3. The Kier molecular flexibility index (Phi) is 3.23. The molecule has 0 saturated carbocycles. The van der Waals surface area contributed by atoms with Gasteiger partial charge in [0, 0.05) is 0 Å². The summed E-state index contributed by atoms with van der Waals surface area (Å²) in [4.78, 5) is 0. The fourth-order valence-corrected chi connectivity index (χ4v) is 0.258. The lowest BCUT2D eigenvalue weighted by Gasteiger charge is -2.04. The Morgan fingerprint density at radius 1 is 1.50 bits per heavy atom. The van der Waals surface area contributed by atoms with Crippen molar-refractivity contribution in [3.05, 3.63) is 0 Å². The second-order valence-corrected chi connectivity index (χ2v) is 1.25. The van der Waals surface area contributed by atoms with Crippen LogP contribution in [-0.2, 0) is 4.53 Å². The van der Waals surface area contributed by atoms with Crippen LogP contribution >= 0.6 is 0 Å². The van der Waals surface area contributed by atoms with E-state index >= 15 is 0 Å². The van der Waals surface area contributed by atoms with E-state index in [1.54, 1.807) is 0 Å². The minimum atomic E-state index is -0.958. The zero-order valence-corrected chi connectivity index (χ0v) is 4.71. The monoisotopic (exact) mass is 108 g/mol. The highest BCUT2D eigenvalue weighted by atomic mass is 28.2. The average molecular weight is 108 g/mol. The Bertz CT molecular complexity index is 28.7. The van der Waals surface area contributed by atoms with Crippen molar-refractivity contribution < 1.29 is 4.53 Å². The molecule has 38 valence electrons. The van der Waals surface area contributed by atoms with Crippen LogP contribution in [0.15, 0.2) is 0 Å². The van der Waals surface area contributed by atoms with E-state index in [9.17, 15) is 0 Å². The van der Waals surface area contributed by atoms with Crippen LogP contribution in [0.4, 0.5) is 0 Å². The third kappa shape index (κ3) is 4.02. The molecule has 0 aromatic carbocycles. The van der Waals surface area contributed by atoms with Gasteiger partial charge >= 0.3 is 0 Å². The van der Waals surface area contributed by atoms with Crippen molar-refractivity contribution in [2.45, 2.75) is 0 Å². The third-order valence-corrected chi connectivity index (χ3v) is 0.671. The second kappa shape index (κ2) is 3.22. The van der Waals surface area contributed by atoms with E-state index in [4.69, 9.17) is 17.1 Å². The predicted molar refractivity (Wildman–Crippen MR) is 24.0 cm³/mol. The quantitative estimate of drug-likeness (QED) is 0.198. The van der Waals surface area contributed by atoms with Gasteiger partial charge in [0.25, 0.3) is 9.92 Å². The number of hydrazine groups is 2. The average Bonchev–Trinajstić information content (AvgIpc) is 1.35. The van der Waals surface area contributed by atoms with Crippen molar-refractivity contribution in [3.63, 3.8) is 0 Å². The third-order valence-electron chi connectivity index (χ3n) is 0.224. The van der Waals surface area contributed by atoms with Gasteiger partial charge in [-0.05, 0) is 0 Å². The van der Waals surface area contributed by atoms with Crippen LogP contribution in [0, 0.1) is 0 Å². The van der Waals surface area contributed by atoms with Crippen LogP contribution < -0.4 is 17.1 Å². The minimum Gasteiger partial charge on any atom is -0.333 e. The molecule has 0 aliphatic rings. The van der Waals surface area contributed by atoms with Gasteiger partial charge in [0.1, 0.15) is 0 Å². The molecule has 0 aromatic heterocycles. The largest absolute Gasteiger partial charge is 0.333 e. The summed E-state index contributed by atoms with van der Waals surface area (Å²) in [5, 5.41) is 5.56. The van der Waals surface area contributed by atoms with E-state index in [1.165, 1.54) is 0 Å². The Morgan fingerprint density at radius 3 is 2.00 bits per heavy atom. The molecular weight excluding hydrogens is 100 g/mol. The first-order valence-corrected chi connectivity index (χ1v) is 2.79. The first-order valence-electron chi connectivity index (χ1n) is 1.40. The van der Waals surface area contributed by atoms with Crippen LogP contribution in [0.2, 0.25) is 0 Å². The molecule has 0 aliphatic carbocycles. The summed E-state index contributed by atoms with van der Waals surface area (Å²) in [5.41, 5.74) is 0. The maximum absolute atomic E-state index is 4.94. The molecule has 6 heteroatoms. The lowest BCUT2D eigenvalue weighted by Crippen LogP contribution is -2.40. The van der Waals surface area contributed by atoms with Crippen molar-refractivity contribution in [1.82, 2.24) is 5.28 Å². The smallest absolute Gasteiger partial charge is 0.263 e. The van der Waals surface area contributed by atoms with Crippen molar-refractivity contribution >= 4 is 9.92 Å². The Morgan fingerprint density at radius 2 is 2.00 bits per heavy atom. The summed E-state index contributed by atoms with van der Waals surface area (Å²) >= 11 is 0. The van der Waals surface area contributed by atoms with E-state index in [0.29, 0.717) is 5.28 Å². The van der Waals surface area contributed by atoms with Crippen molar-refractivity contribution in [2.75, 3.05) is 0 Å². The lowest BCUT2D eigenvalue weighted by molar-refractivity contribution is -0.0610. The Hall–Kier alpha value is 0.0169. The second-order valence-electron chi connectivity index (χ2n) is 0.656. The first kappa shape index (κ1) is 6.02. The highest BCUT2D eigenvalue weighted by Crippen LogP contribution is 1.53. The van der Waals surface area contributed by atoms with E-state index in [0.717, 1.165) is 0 Å². The highest BCUT2D eigenvalue weighted by molar-refractivity contribution is 6.21. The van der Waals surface area contributed by atoms with E-state index in [-0.39, 0.29) is 0 Å². The zero-order valence-electron chi connectivity index (χ0n) is 3.29. The normalized spacial score (nSPS) is 12.0. The number of hydrogen-bond acceptors (Lipinski definition) is 5. The maximum Gasteiger partial charge on any atom is 0.263 e. The van der Waals surface area contributed by atoms with Crippen molar-refractivity contribution in [3.8, 4) is 0 Å². The molecule has 0 spiro atoms. The number of nitrogens with two attached hydrogens (primary N) is 3. The molecule has 6 N–H and O–H groups in total. The van der Waals surface area contributed by atoms with Gasteiger partial charge in [0.2, 0.25) is 0 Å². The molecule has 0 heterocycles. The summed E-state index contributed by atoms with van der Waals surface area (Å²) in [5.74, 6) is 9.49. The molecule has 0 atom stereocenters. The van der Waals surface area contributed by atoms with E-state index in [2.05, 4.69) is 4.53 Å². The van der Waals surface area contributed by atoms with E-state index in [1.807, 2.05) is 0 Å². The summed E-state index contributed by atoms with van der Waals surface area (Å²) in [6, 6.07) is 0. The predicted octanol–water partition coefficient (Wildman–Crippen LogP) is -3.08. The van der Waals surface area contributed by atoms with Crippen LogP contribution in [0.1, 0.15) is 0 Å². The summed E-state index contributed by atoms with van der Waals surface area (Å²) in [6.45, 7) is 0. The van der Waals surface area contributed by atoms with Gasteiger partial charge < -0.3 is 9.93 Å². The maximum atomic E-state index is 4.94. The van der Waals surface area contributed by atoms with Gasteiger partial charge in [-0.2, -0.15) is 0 Å².